The molecule has 0 spiro atoms. The highest BCUT2D eigenvalue weighted by molar-refractivity contribution is 5.92. The van der Waals surface area contributed by atoms with Gasteiger partial charge in [-0.3, -0.25) is 4.79 Å². The van der Waals surface area contributed by atoms with E-state index in [0.717, 1.165) is 11.6 Å². The van der Waals surface area contributed by atoms with Gasteiger partial charge in [-0.05, 0) is 5.56 Å². The normalized spacial score (nSPS) is 10.9. The lowest BCUT2D eigenvalue weighted by atomic mass is 9.98. The lowest BCUT2D eigenvalue weighted by Gasteiger charge is -2.11. The minimum atomic E-state index is -0.344. The van der Waals surface area contributed by atoms with Crippen LogP contribution in [0.2, 0.25) is 0 Å². The summed E-state index contributed by atoms with van der Waals surface area (Å²) in [6, 6.07) is 20.9. The van der Waals surface area contributed by atoms with Gasteiger partial charge in [0.2, 0.25) is 5.43 Å². The van der Waals surface area contributed by atoms with E-state index >= 15 is 0 Å². The SMILES string of the molecule is O=c1c(-c2ccccc2)c(-c2ccccc2)oc2cc(O)cc(O)c12. The topological polar surface area (TPSA) is 70.7 Å². The van der Waals surface area contributed by atoms with Gasteiger partial charge in [-0.2, -0.15) is 0 Å². The predicted octanol–water partition coefficient (Wildman–Crippen LogP) is 4.54. The van der Waals surface area contributed by atoms with Gasteiger partial charge in [0, 0.05) is 17.7 Å². The zero-order valence-electron chi connectivity index (χ0n) is 13.1. The summed E-state index contributed by atoms with van der Waals surface area (Å²) in [7, 11) is 0. The van der Waals surface area contributed by atoms with Gasteiger partial charge in [0.25, 0.3) is 0 Å². The molecule has 0 fully saturated rings. The van der Waals surface area contributed by atoms with Gasteiger partial charge in [0.1, 0.15) is 28.2 Å². The molecule has 3 aromatic carbocycles. The molecular formula is C21H14O4. The van der Waals surface area contributed by atoms with Gasteiger partial charge < -0.3 is 14.6 Å². The minimum Gasteiger partial charge on any atom is -0.508 e. The maximum absolute atomic E-state index is 13.2. The molecule has 1 heterocycles. The Balaban J connectivity index is 2.17. The second-order valence-electron chi connectivity index (χ2n) is 5.71. The van der Waals surface area contributed by atoms with E-state index in [1.54, 1.807) is 0 Å². The van der Waals surface area contributed by atoms with Gasteiger partial charge in [0.15, 0.2) is 0 Å². The van der Waals surface area contributed by atoms with Crippen molar-refractivity contribution in [3.05, 3.63) is 83.0 Å². The summed E-state index contributed by atoms with van der Waals surface area (Å²) in [6.07, 6.45) is 0. The molecule has 122 valence electrons. The van der Waals surface area contributed by atoms with Crippen molar-refractivity contribution in [2.24, 2.45) is 0 Å². The lowest BCUT2D eigenvalue weighted by Crippen LogP contribution is -2.07. The van der Waals surface area contributed by atoms with Gasteiger partial charge >= 0.3 is 0 Å². The monoisotopic (exact) mass is 330 g/mol. The van der Waals surface area contributed by atoms with Gasteiger partial charge in [-0.15, -0.1) is 0 Å². The number of aromatic hydroxyl groups is 2. The number of hydrogen-bond acceptors (Lipinski definition) is 4. The maximum atomic E-state index is 13.2. The fourth-order valence-electron chi connectivity index (χ4n) is 2.94. The minimum absolute atomic E-state index is 0.0522. The second kappa shape index (κ2) is 5.83. The average Bonchev–Trinajstić information content (AvgIpc) is 2.62. The van der Waals surface area contributed by atoms with E-state index in [-0.39, 0.29) is 27.9 Å². The molecule has 0 aliphatic heterocycles. The standard InChI is InChI=1S/C21H14O4/c22-15-11-16(23)19-17(12-15)25-21(14-9-5-2-6-10-14)18(20(19)24)13-7-3-1-4-8-13/h1-12,22-23H. The van der Waals surface area contributed by atoms with Crippen molar-refractivity contribution in [1.29, 1.82) is 0 Å². The molecule has 0 saturated carbocycles. The predicted molar refractivity (Wildman–Crippen MR) is 96.7 cm³/mol. The summed E-state index contributed by atoms with van der Waals surface area (Å²) in [6.45, 7) is 0. The number of rotatable bonds is 2. The van der Waals surface area contributed by atoms with E-state index in [9.17, 15) is 15.0 Å². The van der Waals surface area contributed by atoms with Gasteiger partial charge in [-0.25, -0.2) is 0 Å². The molecule has 4 rings (SSSR count). The third-order valence-corrected chi connectivity index (χ3v) is 4.06. The van der Waals surface area contributed by atoms with Crippen LogP contribution in [0.15, 0.2) is 82.0 Å². The van der Waals surface area contributed by atoms with Crippen LogP contribution in [0.25, 0.3) is 33.4 Å². The largest absolute Gasteiger partial charge is 0.508 e. The molecule has 4 aromatic rings. The van der Waals surface area contributed by atoms with E-state index in [1.165, 1.54) is 6.07 Å². The molecule has 1 aromatic heterocycles. The molecule has 0 radical (unpaired) electrons. The van der Waals surface area contributed by atoms with E-state index in [2.05, 4.69) is 0 Å². The number of phenols is 2. The van der Waals surface area contributed by atoms with Crippen molar-refractivity contribution in [3.8, 4) is 33.9 Å². The number of hydrogen-bond donors (Lipinski definition) is 2. The maximum Gasteiger partial charge on any atom is 0.204 e. The van der Waals surface area contributed by atoms with Crippen LogP contribution >= 0.6 is 0 Å². The Kier molecular flexibility index (Phi) is 3.51. The fourth-order valence-corrected chi connectivity index (χ4v) is 2.94. The molecule has 0 aliphatic rings. The quantitative estimate of drug-likeness (QED) is 0.566. The van der Waals surface area contributed by atoms with E-state index in [0.29, 0.717) is 16.9 Å². The highest BCUT2D eigenvalue weighted by Crippen LogP contribution is 2.36. The molecule has 0 amide bonds. The molecule has 0 bridgehead atoms. The van der Waals surface area contributed by atoms with E-state index in [4.69, 9.17) is 4.42 Å². The van der Waals surface area contributed by atoms with Crippen molar-refractivity contribution in [1.82, 2.24) is 0 Å². The number of benzene rings is 3. The van der Waals surface area contributed by atoms with Gasteiger partial charge in [0.05, 0.1) is 5.56 Å². The van der Waals surface area contributed by atoms with Crippen molar-refractivity contribution < 1.29 is 14.6 Å². The smallest absolute Gasteiger partial charge is 0.204 e. The van der Waals surface area contributed by atoms with Crippen LogP contribution in [0.5, 0.6) is 11.5 Å². The third kappa shape index (κ3) is 2.54. The summed E-state index contributed by atoms with van der Waals surface area (Å²) in [5.41, 5.74) is 1.61. The zero-order valence-corrected chi connectivity index (χ0v) is 13.1. The fraction of sp³-hybridized carbons (Fsp3) is 0. The van der Waals surface area contributed by atoms with Crippen molar-refractivity contribution >= 4 is 11.0 Å². The molecule has 2 N–H and O–H groups in total. The Morgan fingerprint density at radius 1 is 0.760 bits per heavy atom. The molecule has 0 atom stereocenters. The number of fused-ring (bicyclic) bond motifs is 1. The number of phenolic OH excluding ortho intramolecular Hbond substituents is 2. The Morgan fingerprint density at radius 2 is 1.36 bits per heavy atom. The van der Waals surface area contributed by atoms with Crippen LogP contribution in [0.3, 0.4) is 0 Å². The highest BCUT2D eigenvalue weighted by atomic mass is 16.3. The highest BCUT2D eigenvalue weighted by Gasteiger charge is 2.20. The van der Waals surface area contributed by atoms with E-state index < -0.39 is 0 Å². The first-order valence-electron chi connectivity index (χ1n) is 7.79. The van der Waals surface area contributed by atoms with Crippen LogP contribution in [-0.2, 0) is 0 Å². The van der Waals surface area contributed by atoms with Gasteiger partial charge in [-0.1, -0.05) is 60.7 Å². The third-order valence-electron chi connectivity index (χ3n) is 4.06. The first-order valence-corrected chi connectivity index (χ1v) is 7.79. The average molecular weight is 330 g/mol. The van der Waals surface area contributed by atoms with Crippen LogP contribution in [0.1, 0.15) is 0 Å². The molecular weight excluding hydrogens is 316 g/mol. The molecule has 25 heavy (non-hydrogen) atoms. The Labute approximate surface area is 143 Å². The van der Waals surface area contributed by atoms with Crippen molar-refractivity contribution in [2.75, 3.05) is 0 Å². The molecule has 0 saturated heterocycles. The lowest BCUT2D eigenvalue weighted by molar-refractivity contribution is 0.452. The first kappa shape index (κ1) is 15.0. The summed E-state index contributed by atoms with van der Waals surface area (Å²) in [5, 5.41) is 19.9. The summed E-state index contributed by atoms with van der Waals surface area (Å²) >= 11 is 0. The first-order chi connectivity index (χ1) is 12.1. The second-order valence-corrected chi connectivity index (χ2v) is 5.71. The van der Waals surface area contributed by atoms with Crippen molar-refractivity contribution in [3.63, 3.8) is 0 Å². The van der Waals surface area contributed by atoms with Crippen LogP contribution in [0.4, 0.5) is 0 Å². The summed E-state index contributed by atoms with van der Waals surface area (Å²) in [5.74, 6) is -0.0746. The van der Waals surface area contributed by atoms with Crippen LogP contribution < -0.4 is 5.43 Å². The molecule has 0 aliphatic carbocycles. The zero-order chi connectivity index (χ0) is 17.4. The Morgan fingerprint density at radius 3 is 2.00 bits per heavy atom. The Bertz CT molecular complexity index is 1110. The van der Waals surface area contributed by atoms with E-state index in [1.807, 2.05) is 60.7 Å². The summed E-state index contributed by atoms with van der Waals surface area (Å²) in [4.78, 5) is 13.2. The molecule has 4 nitrogen and oxygen atoms in total. The molecule has 4 heteroatoms. The van der Waals surface area contributed by atoms with Crippen LogP contribution in [-0.4, -0.2) is 10.2 Å². The van der Waals surface area contributed by atoms with Crippen molar-refractivity contribution in [2.45, 2.75) is 0 Å². The van der Waals surface area contributed by atoms with Crippen LogP contribution in [0, 0.1) is 0 Å². The summed E-state index contributed by atoms with van der Waals surface area (Å²) < 4.78 is 5.96. The molecule has 0 unspecified atom stereocenters. The Hall–Kier alpha value is -3.53.